The summed E-state index contributed by atoms with van der Waals surface area (Å²) in [6.45, 7) is 3.58. The molecule has 2 atom stereocenters. The van der Waals surface area contributed by atoms with E-state index < -0.39 is 6.10 Å². The van der Waals surface area contributed by atoms with Gasteiger partial charge in [0, 0.05) is 13.0 Å². The third-order valence-corrected chi connectivity index (χ3v) is 3.90. The topological polar surface area (TPSA) is 60.2 Å². The fraction of sp³-hybridized carbons (Fsp3) is 0.500. The Morgan fingerprint density at radius 2 is 2.29 bits per heavy atom. The lowest BCUT2D eigenvalue weighted by molar-refractivity contribution is -0.0470. The number of hydrogen-bond acceptors (Lipinski definition) is 4. The number of fused-ring (bicyclic) bond motifs is 1. The van der Waals surface area contributed by atoms with Crippen molar-refractivity contribution in [2.24, 2.45) is 0 Å². The highest BCUT2D eigenvalue weighted by Gasteiger charge is 2.28. The van der Waals surface area contributed by atoms with E-state index in [-0.39, 0.29) is 6.10 Å². The maximum absolute atomic E-state index is 10.6. The Kier molecular flexibility index (Phi) is 4.31. The number of aliphatic hydroxyl groups excluding tert-OH is 1. The Labute approximate surface area is 124 Å². The largest absolute Gasteiger partial charge is 0.390 e. The molecule has 21 heavy (non-hydrogen) atoms. The van der Waals surface area contributed by atoms with E-state index in [1.165, 1.54) is 5.56 Å². The zero-order valence-electron chi connectivity index (χ0n) is 12.3. The van der Waals surface area contributed by atoms with Crippen LogP contribution in [0.15, 0.2) is 30.6 Å². The van der Waals surface area contributed by atoms with Crippen molar-refractivity contribution in [2.45, 2.75) is 44.9 Å². The van der Waals surface area contributed by atoms with E-state index in [1.54, 1.807) is 6.33 Å². The third kappa shape index (κ3) is 2.99. The van der Waals surface area contributed by atoms with Crippen molar-refractivity contribution in [1.29, 1.82) is 0 Å². The molecule has 5 heteroatoms. The van der Waals surface area contributed by atoms with Crippen LogP contribution in [0.25, 0.3) is 0 Å². The molecule has 2 aromatic rings. The lowest BCUT2D eigenvalue weighted by atomic mass is 9.93. The Morgan fingerprint density at radius 1 is 1.43 bits per heavy atom. The van der Waals surface area contributed by atoms with Gasteiger partial charge in [-0.15, -0.1) is 0 Å². The maximum Gasteiger partial charge on any atom is 0.138 e. The van der Waals surface area contributed by atoms with Gasteiger partial charge in [0.15, 0.2) is 0 Å². The first-order chi connectivity index (χ1) is 10.3. The molecule has 3 rings (SSSR count). The number of aromatic nitrogens is 3. The van der Waals surface area contributed by atoms with E-state index >= 15 is 0 Å². The highest BCUT2D eigenvalue weighted by atomic mass is 16.5. The number of rotatable bonds is 5. The van der Waals surface area contributed by atoms with E-state index in [4.69, 9.17) is 4.74 Å². The van der Waals surface area contributed by atoms with Gasteiger partial charge in [0.2, 0.25) is 0 Å². The molecule has 0 bridgehead atoms. The highest BCUT2D eigenvalue weighted by Crippen LogP contribution is 2.30. The molecule has 5 nitrogen and oxygen atoms in total. The van der Waals surface area contributed by atoms with Crippen LogP contribution in [-0.4, -0.2) is 32.6 Å². The van der Waals surface area contributed by atoms with Crippen LogP contribution < -0.4 is 0 Å². The molecule has 0 radical (unpaired) electrons. The van der Waals surface area contributed by atoms with Gasteiger partial charge in [-0.2, -0.15) is 5.10 Å². The fourth-order valence-electron chi connectivity index (χ4n) is 2.88. The molecule has 2 unspecified atom stereocenters. The van der Waals surface area contributed by atoms with Gasteiger partial charge in [0.05, 0.1) is 12.7 Å². The molecule has 1 aliphatic heterocycles. The molecule has 1 aromatic heterocycles. The van der Waals surface area contributed by atoms with Crippen LogP contribution in [0.4, 0.5) is 0 Å². The van der Waals surface area contributed by atoms with E-state index in [0.717, 1.165) is 30.8 Å². The van der Waals surface area contributed by atoms with Gasteiger partial charge in [-0.05, 0) is 24.0 Å². The number of hydrogen-bond donors (Lipinski definition) is 1. The summed E-state index contributed by atoms with van der Waals surface area (Å²) in [6, 6.07) is 8.18. The van der Waals surface area contributed by atoms with Gasteiger partial charge in [0.1, 0.15) is 18.3 Å². The SMILES string of the molecule is CCCn1ncnc1CC(O)C1OCCc2ccccc21. The van der Waals surface area contributed by atoms with Gasteiger partial charge < -0.3 is 9.84 Å². The molecule has 0 amide bonds. The predicted molar refractivity (Wildman–Crippen MR) is 78.9 cm³/mol. The molecule has 1 aliphatic rings. The quantitative estimate of drug-likeness (QED) is 0.912. The minimum Gasteiger partial charge on any atom is -0.390 e. The van der Waals surface area contributed by atoms with Crippen molar-refractivity contribution in [1.82, 2.24) is 14.8 Å². The molecule has 1 aromatic carbocycles. The standard InChI is InChI=1S/C16H21N3O2/c1-2-8-19-15(17-11-18-19)10-14(20)16-13-6-4-3-5-12(13)7-9-21-16/h3-6,11,14,16,20H,2,7-10H2,1H3. The normalized spacial score (nSPS) is 19.2. The Hall–Kier alpha value is -1.72. The summed E-state index contributed by atoms with van der Waals surface area (Å²) in [5.74, 6) is 0.816. The van der Waals surface area contributed by atoms with Crippen LogP contribution in [0.2, 0.25) is 0 Å². The molecule has 0 fully saturated rings. The summed E-state index contributed by atoms with van der Waals surface area (Å²) in [6.07, 6.45) is 3.03. The van der Waals surface area contributed by atoms with E-state index in [1.807, 2.05) is 22.9 Å². The molecule has 0 saturated heterocycles. The van der Waals surface area contributed by atoms with Crippen molar-refractivity contribution in [3.63, 3.8) is 0 Å². The molecule has 0 spiro atoms. The number of aryl methyl sites for hydroxylation is 1. The summed E-state index contributed by atoms with van der Waals surface area (Å²) < 4.78 is 7.67. The lowest BCUT2D eigenvalue weighted by Gasteiger charge is -2.29. The lowest BCUT2D eigenvalue weighted by Crippen LogP contribution is -2.29. The van der Waals surface area contributed by atoms with Gasteiger partial charge in [-0.3, -0.25) is 4.68 Å². The zero-order valence-corrected chi connectivity index (χ0v) is 12.3. The second-order valence-electron chi connectivity index (χ2n) is 5.41. The van der Waals surface area contributed by atoms with Crippen molar-refractivity contribution in [2.75, 3.05) is 6.61 Å². The Morgan fingerprint density at radius 3 is 3.14 bits per heavy atom. The van der Waals surface area contributed by atoms with Crippen molar-refractivity contribution >= 4 is 0 Å². The van der Waals surface area contributed by atoms with E-state index in [2.05, 4.69) is 23.1 Å². The van der Waals surface area contributed by atoms with Crippen LogP contribution in [0, 0.1) is 0 Å². The summed E-state index contributed by atoms with van der Waals surface area (Å²) in [4.78, 5) is 4.26. The van der Waals surface area contributed by atoms with Gasteiger partial charge in [-0.1, -0.05) is 31.2 Å². The summed E-state index contributed by atoms with van der Waals surface area (Å²) in [5.41, 5.74) is 2.36. The molecular weight excluding hydrogens is 266 g/mol. The van der Waals surface area contributed by atoms with E-state index in [9.17, 15) is 5.11 Å². The molecule has 2 heterocycles. The second-order valence-corrected chi connectivity index (χ2v) is 5.41. The predicted octanol–water partition coefficient (Wildman–Crippen LogP) is 1.91. The summed E-state index contributed by atoms with van der Waals surface area (Å²) >= 11 is 0. The van der Waals surface area contributed by atoms with Crippen molar-refractivity contribution in [3.8, 4) is 0 Å². The first-order valence-corrected chi connectivity index (χ1v) is 7.53. The summed E-state index contributed by atoms with van der Waals surface area (Å²) in [5, 5.41) is 14.8. The van der Waals surface area contributed by atoms with Gasteiger partial charge >= 0.3 is 0 Å². The number of nitrogens with zero attached hydrogens (tertiary/aromatic N) is 3. The van der Waals surface area contributed by atoms with Crippen LogP contribution >= 0.6 is 0 Å². The molecular formula is C16H21N3O2. The second kappa shape index (κ2) is 6.37. The van der Waals surface area contributed by atoms with Crippen LogP contribution in [0.3, 0.4) is 0 Å². The van der Waals surface area contributed by atoms with Crippen LogP contribution in [0.5, 0.6) is 0 Å². The smallest absolute Gasteiger partial charge is 0.138 e. The number of ether oxygens (including phenoxy) is 1. The van der Waals surface area contributed by atoms with Crippen LogP contribution in [0.1, 0.15) is 36.4 Å². The van der Waals surface area contributed by atoms with Crippen LogP contribution in [-0.2, 0) is 24.1 Å². The van der Waals surface area contributed by atoms with E-state index in [0.29, 0.717) is 13.0 Å². The fourth-order valence-corrected chi connectivity index (χ4v) is 2.88. The highest BCUT2D eigenvalue weighted by molar-refractivity contribution is 5.31. The monoisotopic (exact) mass is 287 g/mol. The molecule has 0 saturated carbocycles. The first kappa shape index (κ1) is 14.2. The molecule has 112 valence electrons. The Bertz CT molecular complexity index is 597. The average Bonchev–Trinajstić information content (AvgIpc) is 2.94. The molecule has 1 N–H and O–H groups in total. The maximum atomic E-state index is 10.6. The van der Waals surface area contributed by atoms with Crippen molar-refractivity contribution in [3.05, 3.63) is 47.5 Å². The number of aliphatic hydroxyl groups is 1. The van der Waals surface area contributed by atoms with Crippen molar-refractivity contribution < 1.29 is 9.84 Å². The van der Waals surface area contributed by atoms with Gasteiger partial charge in [0.25, 0.3) is 0 Å². The Balaban J connectivity index is 1.77. The molecule has 0 aliphatic carbocycles. The minimum atomic E-state index is -0.605. The average molecular weight is 287 g/mol. The summed E-state index contributed by atoms with van der Waals surface area (Å²) in [7, 11) is 0. The minimum absolute atomic E-state index is 0.276. The third-order valence-electron chi connectivity index (χ3n) is 3.90. The number of benzene rings is 1. The van der Waals surface area contributed by atoms with Gasteiger partial charge in [-0.25, -0.2) is 4.98 Å². The first-order valence-electron chi connectivity index (χ1n) is 7.53. The zero-order chi connectivity index (χ0) is 14.7.